The molecule has 8 heteroatoms. The molecule has 0 aliphatic rings. The van der Waals surface area contributed by atoms with E-state index in [9.17, 15) is 19.5 Å². The first-order chi connectivity index (χ1) is 14.9. The molecule has 0 aliphatic heterocycles. The van der Waals surface area contributed by atoms with Crippen LogP contribution in [-0.2, 0) is 11.8 Å². The molecule has 3 rings (SSSR count). The van der Waals surface area contributed by atoms with Gasteiger partial charge in [0.2, 0.25) is 5.89 Å². The number of carbonyl (C=O) groups excluding carboxylic acids is 1. The number of benzene rings is 1. The van der Waals surface area contributed by atoms with Gasteiger partial charge < -0.3 is 19.4 Å². The van der Waals surface area contributed by atoms with Crippen molar-refractivity contribution in [3.63, 3.8) is 0 Å². The molecule has 0 bridgehead atoms. The van der Waals surface area contributed by atoms with E-state index < -0.39 is 12.1 Å². The third-order valence-electron chi connectivity index (χ3n) is 5.36. The Labute approximate surface area is 179 Å². The van der Waals surface area contributed by atoms with Gasteiger partial charge >= 0.3 is 6.09 Å². The van der Waals surface area contributed by atoms with Crippen LogP contribution in [0.4, 0.5) is 4.79 Å². The Kier molecular flexibility index (Phi) is 7.23. The molecular weight excluding hydrogens is 398 g/mol. The van der Waals surface area contributed by atoms with Gasteiger partial charge in [0.05, 0.1) is 17.3 Å². The molecule has 1 aromatic carbocycles. The average Bonchev–Trinajstić information content (AvgIpc) is 3.24. The summed E-state index contributed by atoms with van der Waals surface area (Å²) in [5.74, 6) is 0.749. The molecule has 0 fully saturated rings. The van der Waals surface area contributed by atoms with Crippen molar-refractivity contribution in [2.24, 2.45) is 7.05 Å². The maximum atomic E-state index is 12.8. The van der Waals surface area contributed by atoms with Gasteiger partial charge in [-0.15, -0.1) is 0 Å². The lowest BCUT2D eigenvalue weighted by Crippen LogP contribution is -2.27. The number of fused-ring (bicyclic) bond motifs is 1. The molecule has 1 unspecified atom stereocenters. The van der Waals surface area contributed by atoms with Gasteiger partial charge in [0.15, 0.2) is 5.76 Å². The quantitative estimate of drug-likeness (QED) is 0.464. The van der Waals surface area contributed by atoms with Gasteiger partial charge in [-0.1, -0.05) is 38.0 Å². The predicted octanol–water partition coefficient (Wildman–Crippen LogP) is 4.43. The lowest BCUT2D eigenvalue weighted by molar-refractivity contribution is -0.118. The molecule has 2 N–H and O–H groups in total. The summed E-state index contributed by atoms with van der Waals surface area (Å²) < 4.78 is 7.38. The normalized spacial score (nSPS) is 12.1. The first-order valence-corrected chi connectivity index (χ1v) is 10.5. The van der Waals surface area contributed by atoms with Gasteiger partial charge in [0.25, 0.3) is 5.56 Å². The second-order valence-corrected chi connectivity index (χ2v) is 7.54. The largest absolute Gasteiger partial charge is 0.465 e. The van der Waals surface area contributed by atoms with Crippen LogP contribution in [-0.4, -0.2) is 26.5 Å². The number of rotatable bonds is 10. The Hall–Kier alpha value is -3.42. The van der Waals surface area contributed by atoms with Gasteiger partial charge in [-0.05, 0) is 30.4 Å². The highest BCUT2D eigenvalue weighted by Gasteiger charge is 2.21. The van der Waals surface area contributed by atoms with Crippen LogP contribution in [0.3, 0.4) is 0 Å². The van der Waals surface area contributed by atoms with E-state index in [4.69, 9.17) is 4.42 Å². The Morgan fingerprint density at radius 1 is 1.23 bits per heavy atom. The number of amides is 1. The molecule has 8 nitrogen and oxygen atoms in total. The standard InChI is InChI=1S/C23H27N3O5/c1-3-16(27)10-5-4-6-11-18(25-23(29)30)21-24-14-20(31-21)17-13-15-9-7-8-12-19(15)26(2)22(17)28/h7-9,12-14,18,25H,3-6,10-11H2,1-2H3,(H,29,30). The number of oxazole rings is 1. The van der Waals surface area contributed by atoms with E-state index in [0.717, 1.165) is 30.2 Å². The molecular formula is C23H27N3O5. The summed E-state index contributed by atoms with van der Waals surface area (Å²) in [6.45, 7) is 1.85. The number of hydrogen-bond acceptors (Lipinski definition) is 5. The lowest BCUT2D eigenvalue weighted by Gasteiger charge is -2.13. The zero-order valence-corrected chi connectivity index (χ0v) is 17.8. The van der Waals surface area contributed by atoms with Crippen molar-refractivity contribution in [3.8, 4) is 11.3 Å². The number of hydrogen-bond donors (Lipinski definition) is 2. The topological polar surface area (TPSA) is 114 Å². The van der Waals surface area contributed by atoms with E-state index in [1.165, 1.54) is 6.20 Å². The molecule has 0 aliphatic carbocycles. The maximum absolute atomic E-state index is 12.8. The highest BCUT2D eigenvalue weighted by Crippen LogP contribution is 2.26. The summed E-state index contributed by atoms with van der Waals surface area (Å²) in [7, 11) is 1.70. The second kappa shape index (κ2) is 10.1. The van der Waals surface area contributed by atoms with Gasteiger partial charge in [-0.3, -0.25) is 9.59 Å². The number of aryl methyl sites for hydroxylation is 1. The van der Waals surface area contributed by atoms with Crippen molar-refractivity contribution in [3.05, 3.63) is 52.8 Å². The summed E-state index contributed by atoms with van der Waals surface area (Å²) in [5.41, 5.74) is 0.958. The fraction of sp³-hybridized carbons (Fsp3) is 0.391. The Bertz CT molecular complexity index is 1130. The van der Waals surface area contributed by atoms with Crippen LogP contribution in [0.1, 0.15) is 57.4 Å². The van der Waals surface area contributed by atoms with Crippen molar-refractivity contribution in [1.82, 2.24) is 14.9 Å². The lowest BCUT2D eigenvalue weighted by atomic mass is 10.1. The first kappa shape index (κ1) is 22.3. The number of pyridine rings is 1. The minimum Gasteiger partial charge on any atom is -0.465 e. The van der Waals surface area contributed by atoms with Gasteiger partial charge in [-0.2, -0.15) is 0 Å². The number of nitrogens with zero attached hydrogens (tertiary/aromatic N) is 2. The summed E-state index contributed by atoms with van der Waals surface area (Å²) in [6, 6.07) is 8.67. The second-order valence-electron chi connectivity index (χ2n) is 7.54. The van der Waals surface area contributed by atoms with Crippen LogP contribution < -0.4 is 10.9 Å². The van der Waals surface area contributed by atoms with E-state index in [2.05, 4.69) is 10.3 Å². The van der Waals surface area contributed by atoms with Crippen molar-refractivity contribution < 1.29 is 19.1 Å². The number of para-hydroxylation sites is 1. The van der Waals surface area contributed by atoms with Gasteiger partial charge in [0.1, 0.15) is 11.8 Å². The van der Waals surface area contributed by atoms with Crippen molar-refractivity contribution in [2.45, 2.75) is 51.5 Å². The third-order valence-corrected chi connectivity index (χ3v) is 5.36. The monoisotopic (exact) mass is 425 g/mol. The minimum absolute atomic E-state index is 0.218. The molecule has 1 atom stereocenters. The van der Waals surface area contributed by atoms with E-state index in [1.807, 2.05) is 31.2 Å². The highest BCUT2D eigenvalue weighted by atomic mass is 16.4. The van der Waals surface area contributed by atoms with Gasteiger partial charge in [-0.25, -0.2) is 9.78 Å². The fourth-order valence-electron chi connectivity index (χ4n) is 3.60. The molecule has 31 heavy (non-hydrogen) atoms. The Balaban J connectivity index is 1.78. The number of nitrogens with one attached hydrogen (secondary N) is 1. The molecule has 3 aromatic rings. The Morgan fingerprint density at radius 2 is 2.00 bits per heavy atom. The molecule has 0 radical (unpaired) electrons. The third kappa shape index (κ3) is 5.39. The fourth-order valence-corrected chi connectivity index (χ4v) is 3.60. The van der Waals surface area contributed by atoms with Crippen LogP contribution in [0.15, 0.2) is 45.7 Å². The van der Waals surface area contributed by atoms with Crippen molar-refractivity contribution in [1.29, 1.82) is 0 Å². The zero-order chi connectivity index (χ0) is 22.4. The predicted molar refractivity (Wildman–Crippen MR) is 117 cm³/mol. The summed E-state index contributed by atoms with van der Waals surface area (Å²) in [5, 5.41) is 12.5. The van der Waals surface area contributed by atoms with Crippen LogP contribution >= 0.6 is 0 Å². The molecule has 2 aromatic heterocycles. The van der Waals surface area contributed by atoms with Crippen molar-refractivity contribution in [2.75, 3.05) is 0 Å². The number of Topliss-reactive ketones (excluding diaryl/α,β-unsaturated/α-hetero) is 1. The number of carboxylic acid groups (broad SMARTS) is 1. The van der Waals surface area contributed by atoms with E-state index >= 15 is 0 Å². The number of ketones is 1. The molecule has 0 saturated heterocycles. The number of carbonyl (C=O) groups is 2. The van der Waals surface area contributed by atoms with E-state index in [1.54, 1.807) is 17.7 Å². The maximum Gasteiger partial charge on any atom is 0.405 e. The molecule has 2 heterocycles. The molecule has 0 spiro atoms. The summed E-state index contributed by atoms with van der Waals surface area (Å²) in [4.78, 5) is 39.7. The molecule has 1 amide bonds. The first-order valence-electron chi connectivity index (χ1n) is 10.5. The molecule has 0 saturated carbocycles. The summed E-state index contributed by atoms with van der Waals surface area (Å²) in [6.07, 6.45) is 4.15. The van der Waals surface area contributed by atoms with Crippen LogP contribution in [0.25, 0.3) is 22.2 Å². The minimum atomic E-state index is -1.17. The van der Waals surface area contributed by atoms with E-state index in [0.29, 0.717) is 30.6 Å². The molecule has 164 valence electrons. The van der Waals surface area contributed by atoms with Crippen LogP contribution in [0, 0.1) is 0 Å². The highest BCUT2D eigenvalue weighted by molar-refractivity contribution is 5.83. The van der Waals surface area contributed by atoms with Gasteiger partial charge in [0, 0.05) is 19.9 Å². The zero-order valence-electron chi connectivity index (χ0n) is 17.8. The SMILES string of the molecule is CCC(=O)CCCCCC(NC(=O)O)c1ncc(-c2cc3ccccc3n(C)c2=O)o1. The number of unbranched alkanes of at least 4 members (excludes halogenated alkanes) is 2. The van der Waals surface area contributed by atoms with Crippen LogP contribution in [0.5, 0.6) is 0 Å². The summed E-state index contributed by atoms with van der Waals surface area (Å²) >= 11 is 0. The number of aromatic nitrogens is 2. The average molecular weight is 425 g/mol. The van der Waals surface area contributed by atoms with Crippen molar-refractivity contribution >= 4 is 22.8 Å². The van der Waals surface area contributed by atoms with E-state index in [-0.39, 0.29) is 17.2 Å². The smallest absolute Gasteiger partial charge is 0.405 e. The van der Waals surface area contributed by atoms with Crippen LogP contribution in [0.2, 0.25) is 0 Å². The Morgan fingerprint density at radius 3 is 2.74 bits per heavy atom.